The largest absolute Gasteiger partial charge is 0.476 e. The van der Waals surface area contributed by atoms with Gasteiger partial charge in [-0.15, -0.1) is 11.3 Å². The average Bonchev–Trinajstić information content (AvgIpc) is 2.95. The molecule has 8 heteroatoms. The molecule has 0 radical (unpaired) electrons. The number of rotatable bonds is 6. The summed E-state index contributed by atoms with van der Waals surface area (Å²) in [5, 5.41) is 7.98. The number of hydrogen-bond acceptors (Lipinski definition) is 6. The molecule has 2 aromatic heterocycles. The molecule has 112 valence electrons. The van der Waals surface area contributed by atoms with Gasteiger partial charge < -0.3 is 14.8 Å². The van der Waals surface area contributed by atoms with Crippen molar-refractivity contribution >= 4 is 28.1 Å². The van der Waals surface area contributed by atoms with E-state index >= 15 is 0 Å². The first-order chi connectivity index (χ1) is 10.2. The number of aromatic nitrogens is 2. The molecule has 0 bridgehead atoms. The quantitative estimate of drug-likeness (QED) is 0.857. The molecule has 0 spiro atoms. The van der Waals surface area contributed by atoms with Crippen LogP contribution in [0.4, 0.5) is 15.5 Å². The molecule has 2 amide bonds. The van der Waals surface area contributed by atoms with Crippen LogP contribution in [0.2, 0.25) is 0 Å². The van der Waals surface area contributed by atoms with Crippen molar-refractivity contribution in [2.75, 3.05) is 23.8 Å². The fourth-order valence-corrected chi connectivity index (χ4v) is 2.11. The Kier molecular flexibility index (Phi) is 5.33. The van der Waals surface area contributed by atoms with Crippen molar-refractivity contribution in [3.8, 4) is 11.9 Å². The van der Waals surface area contributed by atoms with Crippen LogP contribution in [0.25, 0.3) is 0 Å². The number of urea groups is 1. The molecule has 0 aliphatic rings. The number of anilines is 2. The van der Waals surface area contributed by atoms with Gasteiger partial charge in [0.15, 0.2) is 0 Å². The van der Waals surface area contributed by atoms with Crippen LogP contribution in [0.15, 0.2) is 23.7 Å². The summed E-state index contributed by atoms with van der Waals surface area (Å²) < 4.78 is 10.6. The first kappa shape index (κ1) is 15.0. The second-order valence-electron chi connectivity index (χ2n) is 3.79. The van der Waals surface area contributed by atoms with Gasteiger partial charge in [0, 0.05) is 0 Å². The predicted octanol–water partition coefficient (Wildman–Crippen LogP) is 2.98. The highest BCUT2D eigenvalue weighted by Gasteiger charge is 2.12. The minimum absolute atomic E-state index is 0.213. The maximum Gasteiger partial charge on any atom is 0.324 e. The van der Waals surface area contributed by atoms with E-state index in [2.05, 4.69) is 20.6 Å². The van der Waals surface area contributed by atoms with Crippen LogP contribution in [-0.4, -0.2) is 29.2 Å². The van der Waals surface area contributed by atoms with E-state index in [1.54, 1.807) is 0 Å². The molecular weight excluding hydrogens is 292 g/mol. The number of nitrogens with zero attached hydrogens (tertiary/aromatic N) is 2. The zero-order valence-corrected chi connectivity index (χ0v) is 12.6. The van der Waals surface area contributed by atoms with E-state index in [1.165, 1.54) is 17.5 Å². The van der Waals surface area contributed by atoms with Gasteiger partial charge in [-0.05, 0) is 31.4 Å². The van der Waals surface area contributed by atoms with E-state index in [-0.39, 0.29) is 17.9 Å². The zero-order valence-electron chi connectivity index (χ0n) is 11.8. The van der Waals surface area contributed by atoms with Gasteiger partial charge in [0.1, 0.15) is 5.69 Å². The summed E-state index contributed by atoms with van der Waals surface area (Å²) in [4.78, 5) is 20.0. The molecule has 0 unspecified atom stereocenters. The van der Waals surface area contributed by atoms with Gasteiger partial charge in [0.2, 0.25) is 5.88 Å². The molecule has 2 N–H and O–H groups in total. The van der Waals surface area contributed by atoms with Crippen molar-refractivity contribution < 1.29 is 14.3 Å². The van der Waals surface area contributed by atoms with Crippen LogP contribution >= 0.6 is 11.3 Å². The van der Waals surface area contributed by atoms with Crippen LogP contribution in [0.1, 0.15) is 13.8 Å². The topological polar surface area (TPSA) is 85.4 Å². The number of thiophene rings is 1. The van der Waals surface area contributed by atoms with Crippen molar-refractivity contribution in [2.45, 2.75) is 13.8 Å². The Bertz CT molecular complexity index is 589. The van der Waals surface area contributed by atoms with Crippen molar-refractivity contribution in [2.24, 2.45) is 0 Å². The van der Waals surface area contributed by atoms with Crippen molar-refractivity contribution in [3.05, 3.63) is 23.7 Å². The molecule has 0 aliphatic carbocycles. The predicted molar refractivity (Wildman–Crippen MR) is 81.3 cm³/mol. The van der Waals surface area contributed by atoms with Crippen LogP contribution in [0.3, 0.4) is 0 Å². The van der Waals surface area contributed by atoms with Gasteiger partial charge in [-0.25, -0.2) is 9.78 Å². The molecule has 0 aliphatic heterocycles. The molecule has 0 atom stereocenters. The van der Waals surface area contributed by atoms with E-state index in [1.807, 2.05) is 31.4 Å². The Morgan fingerprint density at radius 3 is 2.76 bits per heavy atom. The highest BCUT2D eigenvalue weighted by Crippen LogP contribution is 2.23. The van der Waals surface area contributed by atoms with Crippen LogP contribution in [0, 0.1) is 0 Å². The molecule has 2 heterocycles. The van der Waals surface area contributed by atoms with Crippen LogP contribution in [-0.2, 0) is 0 Å². The fraction of sp³-hybridized carbons (Fsp3) is 0.308. The van der Waals surface area contributed by atoms with Crippen molar-refractivity contribution in [3.63, 3.8) is 0 Å². The first-order valence-electron chi connectivity index (χ1n) is 6.47. The second kappa shape index (κ2) is 7.44. The average molecular weight is 308 g/mol. The number of carbonyl (C=O) groups is 1. The van der Waals surface area contributed by atoms with Gasteiger partial charge in [0.25, 0.3) is 0 Å². The maximum absolute atomic E-state index is 11.9. The molecule has 21 heavy (non-hydrogen) atoms. The van der Waals surface area contributed by atoms with Gasteiger partial charge in [-0.1, -0.05) is 0 Å². The molecule has 7 nitrogen and oxygen atoms in total. The molecule has 2 rings (SSSR count). The maximum atomic E-state index is 11.9. The van der Waals surface area contributed by atoms with E-state index in [4.69, 9.17) is 9.47 Å². The van der Waals surface area contributed by atoms with Gasteiger partial charge in [-0.2, -0.15) is 4.98 Å². The van der Waals surface area contributed by atoms with E-state index in [9.17, 15) is 4.79 Å². The third-order valence-electron chi connectivity index (χ3n) is 2.29. The van der Waals surface area contributed by atoms with Crippen LogP contribution in [0.5, 0.6) is 11.9 Å². The number of ether oxygens (including phenoxy) is 2. The minimum Gasteiger partial charge on any atom is -0.476 e. The van der Waals surface area contributed by atoms with E-state index < -0.39 is 0 Å². The molecule has 0 saturated carbocycles. The number of nitrogens with one attached hydrogen (secondary N) is 2. The molecule has 0 saturated heterocycles. The monoisotopic (exact) mass is 308 g/mol. The Morgan fingerprint density at radius 1 is 1.29 bits per heavy atom. The van der Waals surface area contributed by atoms with Gasteiger partial charge >= 0.3 is 12.0 Å². The Morgan fingerprint density at radius 2 is 2.10 bits per heavy atom. The smallest absolute Gasteiger partial charge is 0.324 e. The lowest BCUT2D eigenvalue weighted by Crippen LogP contribution is -2.20. The third-order valence-corrected chi connectivity index (χ3v) is 3.08. The van der Waals surface area contributed by atoms with Crippen LogP contribution < -0.4 is 20.1 Å². The van der Waals surface area contributed by atoms with E-state index in [0.717, 1.165) is 5.00 Å². The molecule has 2 aromatic rings. The highest BCUT2D eigenvalue weighted by atomic mass is 32.1. The lowest BCUT2D eigenvalue weighted by Gasteiger charge is -2.11. The van der Waals surface area contributed by atoms with Crippen molar-refractivity contribution in [1.82, 2.24) is 9.97 Å². The summed E-state index contributed by atoms with van der Waals surface area (Å²) in [7, 11) is 0. The van der Waals surface area contributed by atoms with Gasteiger partial charge in [0.05, 0.1) is 24.4 Å². The second-order valence-corrected chi connectivity index (χ2v) is 4.74. The summed E-state index contributed by atoms with van der Waals surface area (Å²) in [6.45, 7) is 4.54. The lowest BCUT2D eigenvalue weighted by molar-refractivity contribution is 0.261. The SMILES string of the molecule is CCOc1ncc(NC(=O)Nc2cccs2)c(OCC)n1. The van der Waals surface area contributed by atoms with Gasteiger partial charge in [-0.3, -0.25) is 5.32 Å². The molecular formula is C13H16N4O3S. The Hall–Kier alpha value is -2.35. The summed E-state index contributed by atoms with van der Waals surface area (Å²) >= 11 is 1.43. The highest BCUT2D eigenvalue weighted by molar-refractivity contribution is 7.14. The number of amides is 2. The summed E-state index contributed by atoms with van der Waals surface area (Å²) in [6.07, 6.45) is 1.46. The standard InChI is InChI=1S/C13H16N4O3S/c1-3-19-11-9(8-14-13(17-11)20-4-2)15-12(18)16-10-6-5-7-21-10/h5-8H,3-4H2,1-2H3,(H2,15,16,18). The Balaban J connectivity index is 2.08. The minimum atomic E-state index is -0.383. The van der Waals surface area contributed by atoms with Crippen molar-refractivity contribution in [1.29, 1.82) is 0 Å². The summed E-state index contributed by atoms with van der Waals surface area (Å²) in [5.41, 5.74) is 0.384. The fourth-order valence-electron chi connectivity index (χ4n) is 1.50. The summed E-state index contributed by atoms with van der Waals surface area (Å²) in [5.74, 6) is 0.275. The molecule has 0 fully saturated rings. The Labute approximate surface area is 126 Å². The third kappa shape index (κ3) is 4.32. The molecule has 0 aromatic carbocycles. The lowest BCUT2D eigenvalue weighted by atomic mass is 10.5. The van der Waals surface area contributed by atoms with E-state index in [0.29, 0.717) is 18.9 Å². The zero-order chi connectivity index (χ0) is 15.1. The first-order valence-corrected chi connectivity index (χ1v) is 7.35. The normalized spacial score (nSPS) is 10.0. The number of hydrogen-bond donors (Lipinski definition) is 2. The number of carbonyl (C=O) groups excluding carboxylic acids is 1. The summed E-state index contributed by atoms with van der Waals surface area (Å²) in [6, 6.07) is 3.49.